The predicted molar refractivity (Wildman–Crippen MR) is 64.3 cm³/mol. The van der Waals surface area contributed by atoms with Crippen LogP contribution in [0, 0.1) is 0 Å². The molecule has 3 N–H and O–H groups in total. The lowest BCUT2D eigenvalue weighted by molar-refractivity contribution is 0.155. The SMILES string of the molecule is CC(CO)N(C)CCn1cc(N)ccc1=O. The van der Waals surface area contributed by atoms with Crippen LogP contribution in [0.15, 0.2) is 23.1 Å². The molecule has 1 aromatic rings. The van der Waals surface area contributed by atoms with E-state index in [1.807, 2.05) is 18.9 Å². The lowest BCUT2D eigenvalue weighted by Gasteiger charge is -2.22. The molecule has 0 spiro atoms. The molecule has 5 heteroatoms. The van der Waals surface area contributed by atoms with Gasteiger partial charge < -0.3 is 15.4 Å². The maximum atomic E-state index is 11.5. The number of aliphatic hydroxyl groups is 1. The number of hydrogen-bond donors (Lipinski definition) is 2. The summed E-state index contributed by atoms with van der Waals surface area (Å²) in [6.45, 7) is 3.32. The largest absolute Gasteiger partial charge is 0.398 e. The highest BCUT2D eigenvalue weighted by molar-refractivity contribution is 5.33. The Kier molecular flexibility index (Phi) is 4.52. The van der Waals surface area contributed by atoms with E-state index >= 15 is 0 Å². The first-order valence-electron chi connectivity index (χ1n) is 5.31. The fourth-order valence-corrected chi connectivity index (χ4v) is 1.35. The lowest BCUT2D eigenvalue weighted by atomic mass is 10.3. The highest BCUT2D eigenvalue weighted by atomic mass is 16.3. The van der Waals surface area contributed by atoms with Crippen molar-refractivity contribution in [2.75, 3.05) is 25.9 Å². The quantitative estimate of drug-likeness (QED) is 0.724. The van der Waals surface area contributed by atoms with Gasteiger partial charge in [0.05, 0.1) is 6.61 Å². The van der Waals surface area contributed by atoms with Crippen molar-refractivity contribution in [1.82, 2.24) is 9.47 Å². The van der Waals surface area contributed by atoms with Crippen LogP contribution in [0.4, 0.5) is 5.69 Å². The molecule has 16 heavy (non-hydrogen) atoms. The van der Waals surface area contributed by atoms with Crippen LogP contribution in [0.2, 0.25) is 0 Å². The van der Waals surface area contributed by atoms with Crippen molar-refractivity contribution in [2.24, 2.45) is 0 Å². The highest BCUT2D eigenvalue weighted by Crippen LogP contribution is 1.98. The summed E-state index contributed by atoms with van der Waals surface area (Å²) in [6, 6.07) is 3.15. The van der Waals surface area contributed by atoms with E-state index in [2.05, 4.69) is 0 Å². The standard InChI is InChI=1S/C11H19N3O2/c1-9(8-15)13(2)5-6-14-7-10(12)3-4-11(14)16/h3-4,7,9,15H,5-6,8,12H2,1-2H3. The molecule has 0 aliphatic rings. The fraction of sp³-hybridized carbons (Fsp3) is 0.545. The first kappa shape index (κ1) is 12.7. The number of anilines is 1. The van der Waals surface area contributed by atoms with Gasteiger partial charge in [-0.1, -0.05) is 0 Å². The molecule has 0 aromatic carbocycles. The van der Waals surface area contributed by atoms with E-state index in [0.717, 1.165) is 0 Å². The molecule has 1 unspecified atom stereocenters. The number of aromatic nitrogens is 1. The van der Waals surface area contributed by atoms with E-state index < -0.39 is 0 Å². The molecule has 0 aliphatic heterocycles. The van der Waals surface area contributed by atoms with Crippen molar-refractivity contribution in [2.45, 2.75) is 19.5 Å². The van der Waals surface area contributed by atoms with Crippen LogP contribution in [-0.4, -0.2) is 40.8 Å². The summed E-state index contributed by atoms with van der Waals surface area (Å²) < 4.78 is 1.58. The van der Waals surface area contributed by atoms with Crippen LogP contribution < -0.4 is 11.3 Å². The van der Waals surface area contributed by atoms with Gasteiger partial charge in [-0.15, -0.1) is 0 Å². The van der Waals surface area contributed by atoms with Gasteiger partial charge in [0.25, 0.3) is 5.56 Å². The lowest BCUT2D eigenvalue weighted by Crippen LogP contribution is -2.36. The summed E-state index contributed by atoms with van der Waals surface area (Å²) >= 11 is 0. The predicted octanol–water partition coefficient (Wildman–Crippen LogP) is -0.257. The second-order valence-corrected chi connectivity index (χ2v) is 4.01. The summed E-state index contributed by atoms with van der Waals surface area (Å²) in [5, 5.41) is 8.97. The molecule has 0 radical (unpaired) electrons. The van der Waals surface area contributed by atoms with Gasteiger partial charge in [-0.25, -0.2) is 0 Å². The summed E-state index contributed by atoms with van der Waals surface area (Å²) in [5.74, 6) is 0. The molecule has 5 nitrogen and oxygen atoms in total. The Morgan fingerprint density at radius 2 is 2.25 bits per heavy atom. The molecule has 0 aliphatic carbocycles. The Bertz CT molecular complexity index is 389. The highest BCUT2D eigenvalue weighted by Gasteiger charge is 2.07. The molecular formula is C11H19N3O2. The van der Waals surface area contributed by atoms with Crippen LogP contribution in [0.3, 0.4) is 0 Å². The zero-order chi connectivity index (χ0) is 12.1. The van der Waals surface area contributed by atoms with Crippen LogP contribution in [0.5, 0.6) is 0 Å². The van der Waals surface area contributed by atoms with Gasteiger partial charge >= 0.3 is 0 Å². The Hall–Kier alpha value is -1.33. The van der Waals surface area contributed by atoms with Crippen molar-refractivity contribution in [3.63, 3.8) is 0 Å². The van der Waals surface area contributed by atoms with Crippen LogP contribution >= 0.6 is 0 Å². The summed E-state index contributed by atoms with van der Waals surface area (Å²) in [6.07, 6.45) is 1.64. The van der Waals surface area contributed by atoms with Gasteiger partial charge in [0.15, 0.2) is 0 Å². The molecule has 0 bridgehead atoms. The molecule has 90 valence electrons. The van der Waals surface area contributed by atoms with Gasteiger partial charge in [-0.3, -0.25) is 9.69 Å². The van der Waals surface area contributed by atoms with Crippen LogP contribution in [0.25, 0.3) is 0 Å². The molecule has 0 amide bonds. The number of rotatable bonds is 5. The minimum absolute atomic E-state index is 0.0562. The normalized spacial score (nSPS) is 13.0. The van der Waals surface area contributed by atoms with Gasteiger partial charge in [0.1, 0.15) is 0 Å². The Balaban J connectivity index is 2.61. The van der Waals surface area contributed by atoms with Crippen molar-refractivity contribution in [3.05, 3.63) is 28.7 Å². The summed E-state index contributed by atoms with van der Waals surface area (Å²) in [4.78, 5) is 13.5. The molecule has 0 saturated carbocycles. The van der Waals surface area contributed by atoms with Gasteiger partial charge in [0, 0.05) is 37.1 Å². The van der Waals surface area contributed by atoms with Gasteiger partial charge in [-0.2, -0.15) is 0 Å². The molecule has 1 heterocycles. The fourth-order valence-electron chi connectivity index (χ4n) is 1.35. The summed E-state index contributed by atoms with van der Waals surface area (Å²) in [5.41, 5.74) is 6.13. The second kappa shape index (κ2) is 5.67. The third-order valence-corrected chi connectivity index (χ3v) is 2.72. The van der Waals surface area contributed by atoms with Crippen molar-refractivity contribution >= 4 is 5.69 Å². The second-order valence-electron chi connectivity index (χ2n) is 4.01. The topological polar surface area (TPSA) is 71.5 Å². The first-order chi connectivity index (χ1) is 7.54. The van der Waals surface area contributed by atoms with E-state index in [1.165, 1.54) is 6.07 Å². The smallest absolute Gasteiger partial charge is 0.250 e. The minimum atomic E-state index is -0.0562. The van der Waals surface area contributed by atoms with E-state index in [9.17, 15) is 4.79 Å². The monoisotopic (exact) mass is 225 g/mol. The zero-order valence-electron chi connectivity index (χ0n) is 9.76. The molecule has 0 saturated heterocycles. The third-order valence-electron chi connectivity index (χ3n) is 2.72. The molecule has 1 rings (SSSR count). The zero-order valence-corrected chi connectivity index (χ0v) is 9.76. The van der Waals surface area contributed by atoms with Gasteiger partial charge in [-0.05, 0) is 20.0 Å². The Morgan fingerprint density at radius 3 is 2.88 bits per heavy atom. The van der Waals surface area contributed by atoms with E-state index in [0.29, 0.717) is 18.8 Å². The molecule has 0 fully saturated rings. The number of nitrogens with two attached hydrogens (primary N) is 1. The maximum Gasteiger partial charge on any atom is 0.250 e. The number of aliphatic hydroxyl groups excluding tert-OH is 1. The number of likely N-dealkylation sites (N-methyl/N-ethyl adjacent to an activating group) is 1. The van der Waals surface area contributed by atoms with Crippen LogP contribution in [-0.2, 0) is 6.54 Å². The van der Waals surface area contributed by atoms with E-state index in [-0.39, 0.29) is 18.2 Å². The summed E-state index contributed by atoms with van der Waals surface area (Å²) in [7, 11) is 1.91. The molecule has 1 aromatic heterocycles. The minimum Gasteiger partial charge on any atom is -0.398 e. The number of pyridine rings is 1. The number of nitrogens with zero attached hydrogens (tertiary/aromatic N) is 2. The number of hydrogen-bond acceptors (Lipinski definition) is 4. The van der Waals surface area contributed by atoms with Crippen LogP contribution in [0.1, 0.15) is 6.92 Å². The van der Waals surface area contributed by atoms with E-state index in [1.54, 1.807) is 16.8 Å². The third kappa shape index (κ3) is 3.36. The Morgan fingerprint density at radius 1 is 1.56 bits per heavy atom. The van der Waals surface area contributed by atoms with Gasteiger partial charge in [0.2, 0.25) is 0 Å². The average Bonchev–Trinajstić information content (AvgIpc) is 2.28. The average molecular weight is 225 g/mol. The Labute approximate surface area is 95.1 Å². The molecular weight excluding hydrogens is 206 g/mol. The van der Waals surface area contributed by atoms with Crippen molar-refractivity contribution in [1.29, 1.82) is 0 Å². The van der Waals surface area contributed by atoms with E-state index in [4.69, 9.17) is 10.8 Å². The molecule has 1 atom stereocenters. The first-order valence-corrected chi connectivity index (χ1v) is 5.31. The van der Waals surface area contributed by atoms with Crippen molar-refractivity contribution < 1.29 is 5.11 Å². The number of nitrogen functional groups attached to an aromatic ring is 1. The van der Waals surface area contributed by atoms with Crippen molar-refractivity contribution in [3.8, 4) is 0 Å². The maximum absolute atomic E-state index is 11.5.